The number of methoxy groups -OCH3 is 1. The Morgan fingerprint density at radius 1 is 1.22 bits per heavy atom. The highest BCUT2D eigenvalue weighted by Crippen LogP contribution is 2.39. The number of carbonyl (C=O) groups excluding carboxylic acids is 2. The number of carbonyl (C=O) groups is 2. The first-order valence-corrected chi connectivity index (χ1v) is 8.04. The van der Waals surface area contributed by atoms with Crippen LogP contribution in [0.25, 0.3) is 0 Å². The minimum absolute atomic E-state index is 0.109. The van der Waals surface area contributed by atoms with Gasteiger partial charge in [0.25, 0.3) is 11.6 Å². The number of nitro benzene ring substituents is 1. The van der Waals surface area contributed by atoms with Crippen molar-refractivity contribution >= 4 is 17.6 Å². The van der Waals surface area contributed by atoms with Gasteiger partial charge in [-0.2, -0.15) is 0 Å². The minimum atomic E-state index is -0.995. The number of aliphatic hydroxyl groups excluding tert-OH is 1. The van der Waals surface area contributed by atoms with E-state index in [2.05, 4.69) is 0 Å². The molecule has 0 saturated carbocycles. The van der Waals surface area contributed by atoms with E-state index in [0.29, 0.717) is 5.56 Å². The number of hydrogen-bond donors (Lipinski definition) is 1. The van der Waals surface area contributed by atoms with Gasteiger partial charge in [-0.15, -0.1) is 0 Å². The first kappa shape index (κ1) is 18.1. The second-order valence-electron chi connectivity index (χ2n) is 5.93. The summed E-state index contributed by atoms with van der Waals surface area (Å²) >= 11 is 0. The Morgan fingerprint density at radius 2 is 1.93 bits per heavy atom. The average Bonchev–Trinajstić information content (AvgIpc) is 2.93. The number of nitrogens with zero attached hydrogens (tertiary/aromatic N) is 2. The largest absolute Gasteiger partial charge is 0.503 e. The van der Waals surface area contributed by atoms with Crippen LogP contribution < -0.4 is 0 Å². The zero-order valence-corrected chi connectivity index (χ0v) is 14.4. The number of aliphatic hydroxyl groups is 1. The predicted octanol–water partition coefficient (Wildman–Crippen LogP) is 2.66. The van der Waals surface area contributed by atoms with Crippen LogP contribution in [0.1, 0.15) is 17.2 Å². The van der Waals surface area contributed by atoms with E-state index in [9.17, 15) is 24.8 Å². The molecule has 8 nitrogen and oxygen atoms in total. The smallest absolute Gasteiger partial charge is 0.340 e. The van der Waals surface area contributed by atoms with Crippen molar-refractivity contribution in [2.75, 3.05) is 7.11 Å². The molecule has 0 fully saturated rings. The average molecular weight is 368 g/mol. The molecule has 1 aliphatic heterocycles. The van der Waals surface area contributed by atoms with Crippen molar-refractivity contribution in [2.45, 2.75) is 12.6 Å². The summed E-state index contributed by atoms with van der Waals surface area (Å²) < 4.78 is 4.71. The minimum Gasteiger partial charge on any atom is -0.503 e. The third-order valence-corrected chi connectivity index (χ3v) is 4.30. The van der Waals surface area contributed by atoms with Crippen molar-refractivity contribution in [1.82, 2.24) is 4.90 Å². The van der Waals surface area contributed by atoms with Crippen molar-refractivity contribution in [3.05, 3.63) is 87.2 Å². The molecule has 3 rings (SSSR count). The van der Waals surface area contributed by atoms with Gasteiger partial charge in [0, 0.05) is 18.7 Å². The predicted molar refractivity (Wildman–Crippen MR) is 94.5 cm³/mol. The zero-order valence-electron chi connectivity index (χ0n) is 14.4. The van der Waals surface area contributed by atoms with Crippen molar-refractivity contribution in [1.29, 1.82) is 0 Å². The van der Waals surface area contributed by atoms with Crippen molar-refractivity contribution in [3.63, 3.8) is 0 Å². The maximum atomic E-state index is 12.6. The summed E-state index contributed by atoms with van der Waals surface area (Å²) in [6.07, 6.45) is 0. The molecule has 1 atom stereocenters. The first-order valence-electron chi connectivity index (χ1n) is 8.04. The number of nitro groups is 1. The van der Waals surface area contributed by atoms with Crippen LogP contribution >= 0.6 is 0 Å². The summed E-state index contributed by atoms with van der Waals surface area (Å²) in [4.78, 5) is 36.7. The molecule has 1 aliphatic rings. The van der Waals surface area contributed by atoms with E-state index in [0.717, 1.165) is 12.7 Å². The monoisotopic (exact) mass is 368 g/mol. The Labute approximate surface area is 154 Å². The van der Waals surface area contributed by atoms with Gasteiger partial charge in [-0.05, 0) is 11.1 Å². The SMILES string of the molecule is COC(=O)C1=C(O)C(=O)N(Cc2ccccc2)C1c1cccc([N+](=O)[O-])c1. The fourth-order valence-corrected chi connectivity index (χ4v) is 3.07. The molecule has 1 heterocycles. The van der Waals surface area contributed by atoms with Gasteiger partial charge in [0.05, 0.1) is 18.1 Å². The van der Waals surface area contributed by atoms with Crippen molar-refractivity contribution in [3.8, 4) is 0 Å². The van der Waals surface area contributed by atoms with Gasteiger partial charge in [-0.1, -0.05) is 42.5 Å². The second kappa shape index (κ2) is 7.28. The van der Waals surface area contributed by atoms with Gasteiger partial charge in [-0.25, -0.2) is 4.79 Å². The molecular formula is C19H16N2O6. The first-order chi connectivity index (χ1) is 12.9. The van der Waals surface area contributed by atoms with Crippen LogP contribution in [-0.2, 0) is 20.9 Å². The molecule has 0 spiro atoms. The fourth-order valence-electron chi connectivity index (χ4n) is 3.07. The van der Waals surface area contributed by atoms with Crippen LogP contribution in [0, 0.1) is 10.1 Å². The summed E-state index contributed by atoms with van der Waals surface area (Å²) in [6, 6.07) is 13.6. The lowest BCUT2D eigenvalue weighted by molar-refractivity contribution is -0.384. The topological polar surface area (TPSA) is 110 Å². The molecule has 0 saturated heterocycles. The summed E-state index contributed by atoms with van der Waals surface area (Å²) in [5, 5.41) is 21.4. The Kier molecular flexibility index (Phi) is 4.89. The fraction of sp³-hybridized carbons (Fsp3) is 0.158. The molecule has 138 valence electrons. The van der Waals surface area contributed by atoms with E-state index in [-0.39, 0.29) is 17.8 Å². The highest BCUT2D eigenvalue weighted by molar-refractivity contribution is 6.06. The molecular weight excluding hydrogens is 352 g/mol. The number of ether oxygens (including phenoxy) is 1. The summed E-state index contributed by atoms with van der Waals surface area (Å²) in [5.41, 5.74) is 0.687. The van der Waals surface area contributed by atoms with E-state index >= 15 is 0 Å². The Balaban J connectivity index is 2.10. The molecule has 2 aromatic carbocycles. The summed E-state index contributed by atoms with van der Waals surface area (Å²) in [6.45, 7) is 0.109. The Bertz CT molecular complexity index is 938. The molecule has 2 aromatic rings. The highest BCUT2D eigenvalue weighted by atomic mass is 16.6. The number of hydrogen-bond acceptors (Lipinski definition) is 6. The molecule has 1 unspecified atom stereocenters. The van der Waals surface area contributed by atoms with Gasteiger partial charge in [-0.3, -0.25) is 14.9 Å². The van der Waals surface area contributed by atoms with E-state index < -0.39 is 28.6 Å². The van der Waals surface area contributed by atoms with E-state index in [1.165, 1.54) is 23.1 Å². The molecule has 0 radical (unpaired) electrons. The Hall–Kier alpha value is -3.68. The highest BCUT2D eigenvalue weighted by Gasteiger charge is 2.44. The zero-order chi connectivity index (χ0) is 19.6. The van der Waals surface area contributed by atoms with Crippen LogP contribution in [0.4, 0.5) is 5.69 Å². The van der Waals surface area contributed by atoms with Gasteiger partial charge in [0.1, 0.15) is 5.57 Å². The third kappa shape index (κ3) is 3.37. The van der Waals surface area contributed by atoms with Crippen molar-refractivity contribution in [2.24, 2.45) is 0 Å². The number of esters is 1. The number of non-ortho nitro benzene ring substituents is 1. The van der Waals surface area contributed by atoms with Gasteiger partial charge >= 0.3 is 5.97 Å². The molecule has 0 bridgehead atoms. The molecule has 0 aromatic heterocycles. The second-order valence-corrected chi connectivity index (χ2v) is 5.93. The van der Waals surface area contributed by atoms with E-state index in [4.69, 9.17) is 4.74 Å². The maximum Gasteiger partial charge on any atom is 0.340 e. The quantitative estimate of drug-likeness (QED) is 0.493. The normalized spacial score (nSPS) is 16.6. The van der Waals surface area contributed by atoms with Gasteiger partial charge < -0.3 is 14.7 Å². The summed E-state index contributed by atoms with van der Waals surface area (Å²) in [5.74, 6) is -2.32. The van der Waals surface area contributed by atoms with Gasteiger partial charge in [0.15, 0.2) is 5.76 Å². The lowest BCUT2D eigenvalue weighted by atomic mass is 9.98. The number of rotatable bonds is 5. The van der Waals surface area contributed by atoms with Gasteiger partial charge in [0.2, 0.25) is 0 Å². The van der Waals surface area contributed by atoms with Crippen LogP contribution in [0.2, 0.25) is 0 Å². The van der Waals surface area contributed by atoms with Crippen LogP contribution in [0.5, 0.6) is 0 Å². The van der Waals surface area contributed by atoms with Crippen molar-refractivity contribution < 1.29 is 24.4 Å². The molecule has 8 heteroatoms. The number of amides is 1. The lowest BCUT2D eigenvalue weighted by Crippen LogP contribution is -2.30. The molecule has 27 heavy (non-hydrogen) atoms. The van der Waals surface area contributed by atoms with Crippen LogP contribution in [-0.4, -0.2) is 33.9 Å². The Morgan fingerprint density at radius 3 is 2.56 bits per heavy atom. The third-order valence-electron chi connectivity index (χ3n) is 4.30. The number of benzene rings is 2. The molecule has 1 N–H and O–H groups in total. The van der Waals surface area contributed by atoms with E-state index in [1.54, 1.807) is 30.3 Å². The summed E-state index contributed by atoms with van der Waals surface area (Å²) in [7, 11) is 1.14. The van der Waals surface area contributed by atoms with E-state index in [1.807, 2.05) is 6.07 Å². The molecule has 1 amide bonds. The molecule has 0 aliphatic carbocycles. The van der Waals surface area contributed by atoms with Crippen LogP contribution in [0.15, 0.2) is 65.9 Å². The maximum absolute atomic E-state index is 12.6. The standard InChI is InChI=1S/C19H16N2O6/c1-27-19(24)15-16(13-8-5-9-14(10-13)21(25)26)20(18(23)17(15)22)11-12-6-3-2-4-7-12/h2-10,16,22H,11H2,1H3. The van der Waals surface area contributed by atoms with Crippen LogP contribution in [0.3, 0.4) is 0 Å². The lowest BCUT2D eigenvalue weighted by Gasteiger charge is -2.26.